The Morgan fingerprint density at radius 1 is 1.27 bits per heavy atom. The van der Waals surface area contributed by atoms with Gasteiger partial charge in [0.2, 0.25) is 0 Å². The fraction of sp³-hybridized carbons (Fsp3) is 0.889. The predicted octanol–water partition coefficient (Wildman–Crippen LogP) is 1.54. The van der Waals surface area contributed by atoms with Crippen LogP contribution in [-0.2, 0) is 9.53 Å². The minimum absolute atomic E-state index is 0.286. The molecule has 1 saturated carbocycles. The Kier molecular flexibility index (Phi) is 1.72. The Bertz CT molecular complexity index is 170. The first kappa shape index (κ1) is 7.29. The molecule has 0 aromatic rings. The number of rotatable bonds is 0. The van der Waals surface area contributed by atoms with Gasteiger partial charge in [-0.05, 0) is 24.7 Å². The highest BCUT2D eigenvalue weighted by Crippen LogP contribution is 2.45. The summed E-state index contributed by atoms with van der Waals surface area (Å²) in [6.07, 6.45) is 5.71. The maximum atomic E-state index is 11.0. The van der Waals surface area contributed by atoms with Gasteiger partial charge in [0.05, 0.1) is 6.61 Å². The number of hydrogen-bond acceptors (Lipinski definition) is 2. The Labute approximate surface area is 66.9 Å². The van der Waals surface area contributed by atoms with Crippen LogP contribution >= 0.6 is 0 Å². The SMILES string of the molecule is O=C1CCC2(CCC2)COC1. The zero-order chi connectivity index (χ0) is 7.73. The molecule has 1 aliphatic carbocycles. The summed E-state index contributed by atoms with van der Waals surface area (Å²) in [4.78, 5) is 11.0. The van der Waals surface area contributed by atoms with E-state index in [2.05, 4.69) is 0 Å². The highest BCUT2D eigenvalue weighted by atomic mass is 16.5. The zero-order valence-corrected chi connectivity index (χ0v) is 6.77. The van der Waals surface area contributed by atoms with Gasteiger partial charge in [0.15, 0.2) is 5.78 Å². The van der Waals surface area contributed by atoms with Crippen LogP contribution in [0.2, 0.25) is 0 Å². The molecule has 1 saturated heterocycles. The van der Waals surface area contributed by atoms with Crippen molar-refractivity contribution in [1.82, 2.24) is 0 Å². The molecule has 1 heterocycles. The maximum Gasteiger partial charge on any atom is 0.158 e. The second-order valence-corrected chi connectivity index (χ2v) is 3.89. The van der Waals surface area contributed by atoms with E-state index in [0.717, 1.165) is 19.4 Å². The number of hydrogen-bond donors (Lipinski definition) is 0. The van der Waals surface area contributed by atoms with E-state index in [4.69, 9.17) is 4.74 Å². The van der Waals surface area contributed by atoms with Crippen LogP contribution in [0, 0.1) is 5.41 Å². The quantitative estimate of drug-likeness (QED) is 0.529. The second kappa shape index (κ2) is 2.59. The van der Waals surface area contributed by atoms with E-state index in [-0.39, 0.29) is 5.78 Å². The number of carbonyl (C=O) groups excluding carboxylic acids is 1. The number of carbonyl (C=O) groups is 1. The Morgan fingerprint density at radius 2 is 2.09 bits per heavy atom. The van der Waals surface area contributed by atoms with Gasteiger partial charge in [-0.3, -0.25) is 4.79 Å². The summed E-state index contributed by atoms with van der Waals surface area (Å²) < 4.78 is 5.31. The molecule has 2 heteroatoms. The van der Waals surface area contributed by atoms with Crippen molar-refractivity contribution in [2.75, 3.05) is 13.2 Å². The van der Waals surface area contributed by atoms with Crippen LogP contribution < -0.4 is 0 Å². The smallest absolute Gasteiger partial charge is 0.158 e. The fourth-order valence-electron chi connectivity index (χ4n) is 2.00. The minimum Gasteiger partial charge on any atom is -0.373 e. The molecule has 2 fully saturated rings. The monoisotopic (exact) mass is 154 g/mol. The molecule has 0 aromatic heterocycles. The summed E-state index contributed by atoms with van der Waals surface area (Å²) in [5.41, 5.74) is 0.423. The molecule has 2 aliphatic rings. The van der Waals surface area contributed by atoms with Crippen LogP contribution in [0.4, 0.5) is 0 Å². The van der Waals surface area contributed by atoms with Crippen molar-refractivity contribution < 1.29 is 9.53 Å². The average molecular weight is 154 g/mol. The van der Waals surface area contributed by atoms with Crippen molar-refractivity contribution in [2.45, 2.75) is 32.1 Å². The number of ether oxygens (including phenoxy) is 1. The summed E-state index contributed by atoms with van der Waals surface area (Å²) in [5, 5.41) is 0. The molecule has 0 radical (unpaired) electrons. The lowest BCUT2D eigenvalue weighted by Gasteiger charge is -2.40. The van der Waals surface area contributed by atoms with E-state index in [1.165, 1.54) is 19.3 Å². The first-order valence-corrected chi connectivity index (χ1v) is 4.40. The summed E-state index contributed by atoms with van der Waals surface area (Å²) in [5.74, 6) is 0.286. The lowest BCUT2D eigenvalue weighted by atomic mass is 9.67. The molecule has 0 amide bonds. The van der Waals surface area contributed by atoms with Gasteiger partial charge in [0.1, 0.15) is 6.61 Å². The van der Waals surface area contributed by atoms with Crippen molar-refractivity contribution >= 4 is 5.78 Å². The van der Waals surface area contributed by atoms with E-state index in [1.807, 2.05) is 0 Å². The zero-order valence-electron chi connectivity index (χ0n) is 6.77. The molecular formula is C9H14O2. The van der Waals surface area contributed by atoms with Gasteiger partial charge in [0.25, 0.3) is 0 Å². The third-order valence-electron chi connectivity index (χ3n) is 3.02. The second-order valence-electron chi connectivity index (χ2n) is 3.89. The maximum absolute atomic E-state index is 11.0. The Balaban J connectivity index is 1.97. The first-order valence-electron chi connectivity index (χ1n) is 4.40. The van der Waals surface area contributed by atoms with Gasteiger partial charge >= 0.3 is 0 Å². The molecule has 11 heavy (non-hydrogen) atoms. The van der Waals surface area contributed by atoms with Gasteiger partial charge in [-0.2, -0.15) is 0 Å². The summed E-state index contributed by atoms with van der Waals surface area (Å²) >= 11 is 0. The van der Waals surface area contributed by atoms with Crippen LogP contribution in [0.5, 0.6) is 0 Å². The standard InChI is InChI=1S/C9H14O2/c10-8-2-5-9(3-1-4-9)7-11-6-8/h1-7H2. The number of ketones is 1. The lowest BCUT2D eigenvalue weighted by Crippen LogP contribution is -2.33. The van der Waals surface area contributed by atoms with Crippen LogP contribution in [-0.4, -0.2) is 19.0 Å². The molecule has 0 N–H and O–H groups in total. The van der Waals surface area contributed by atoms with Crippen LogP contribution in [0.25, 0.3) is 0 Å². The van der Waals surface area contributed by atoms with E-state index >= 15 is 0 Å². The average Bonchev–Trinajstić information content (AvgIpc) is 2.09. The van der Waals surface area contributed by atoms with E-state index < -0.39 is 0 Å². The Morgan fingerprint density at radius 3 is 2.73 bits per heavy atom. The van der Waals surface area contributed by atoms with Gasteiger partial charge in [-0.25, -0.2) is 0 Å². The largest absolute Gasteiger partial charge is 0.373 e. The molecule has 0 unspecified atom stereocenters. The highest BCUT2D eigenvalue weighted by molar-refractivity contribution is 5.79. The van der Waals surface area contributed by atoms with Crippen LogP contribution in [0.1, 0.15) is 32.1 Å². The third-order valence-corrected chi connectivity index (χ3v) is 3.02. The molecule has 0 aromatic carbocycles. The lowest BCUT2D eigenvalue weighted by molar-refractivity contribution is -0.122. The van der Waals surface area contributed by atoms with Crippen molar-refractivity contribution in [1.29, 1.82) is 0 Å². The summed E-state index contributed by atoms with van der Waals surface area (Å²) in [6, 6.07) is 0. The van der Waals surface area contributed by atoms with Crippen molar-refractivity contribution in [3.8, 4) is 0 Å². The summed E-state index contributed by atoms with van der Waals surface area (Å²) in [7, 11) is 0. The van der Waals surface area contributed by atoms with Crippen molar-refractivity contribution in [2.24, 2.45) is 5.41 Å². The van der Waals surface area contributed by atoms with E-state index in [9.17, 15) is 4.79 Å². The third kappa shape index (κ3) is 1.32. The molecule has 2 rings (SSSR count). The van der Waals surface area contributed by atoms with E-state index in [0.29, 0.717) is 12.0 Å². The molecule has 2 nitrogen and oxygen atoms in total. The van der Waals surface area contributed by atoms with Crippen LogP contribution in [0.15, 0.2) is 0 Å². The first-order chi connectivity index (χ1) is 5.31. The molecular weight excluding hydrogens is 140 g/mol. The minimum atomic E-state index is 0.286. The number of Topliss-reactive ketones (excluding diaryl/α,β-unsaturated/α-hetero) is 1. The van der Waals surface area contributed by atoms with Gasteiger partial charge in [-0.1, -0.05) is 6.42 Å². The van der Waals surface area contributed by atoms with Gasteiger partial charge in [0, 0.05) is 6.42 Å². The predicted molar refractivity (Wildman–Crippen MR) is 41.3 cm³/mol. The van der Waals surface area contributed by atoms with Gasteiger partial charge in [-0.15, -0.1) is 0 Å². The molecule has 1 aliphatic heterocycles. The molecule has 0 atom stereocenters. The Hall–Kier alpha value is -0.370. The van der Waals surface area contributed by atoms with Crippen molar-refractivity contribution in [3.63, 3.8) is 0 Å². The highest BCUT2D eigenvalue weighted by Gasteiger charge is 2.38. The molecule has 0 bridgehead atoms. The normalized spacial score (nSPS) is 29.6. The summed E-state index contributed by atoms with van der Waals surface area (Å²) in [6.45, 7) is 1.19. The van der Waals surface area contributed by atoms with Crippen molar-refractivity contribution in [3.05, 3.63) is 0 Å². The molecule has 1 spiro atoms. The topological polar surface area (TPSA) is 26.3 Å². The fourth-order valence-corrected chi connectivity index (χ4v) is 2.00. The van der Waals surface area contributed by atoms with E-state index in [1.54, 1.807) is 0 Å². The van der Waals surface area contributed by atoms with Gasteiger partial charge < -0.3 is 4.74 Å². The van der Waals surface area contributed by atoms with Crippen LogP contribution in [0.3, 0.4) is 0 Å². The molecule has 62 valence electrons.